The molecule has 0 aromatic heterocycles. The first-order valence-electron chi connectivity index (χ1n) is 10.4. The van der Waals surface area contributed by atoms with Gasteiger partial charge in [0.1, 0.15) is 5.25 Å². The molecule has 6 heteroatoms. The number of methoxy groups -OCH3 is 1. The predicted molar refractivity (Wildman–Crippen MR) is 111 cm³/mol. The molecule has 1 atom stereocenters. The number of benzene rings is 1. The molecule has 1 saturated heterocycles. The lowest BCUT2D eigenvalue weighted by Crippen LogP contribution is -2.66. The first-order chi connectivity index (χ1) is 13.4. The van der Waals surface area contributed by atoms with Crippen molar-refractivity contribution in [2.24, 2.45) is 5.41 Å². The van der Waals surface area contributed by atoms with Crippen molar-refractivity contribution in [2.45, 2.75) is 62.2 Å². The lowest BCUT2D eigenvalue weighted by Gasteiger charge is -2.56. The first-order valence-corrected chi connectivity index (χ1v) is 11.6. The summed E-state index contributed by atoms with van der Waals surface area (Å²) in [5.41, 5.74) is 1.63. The van der Waals surface area contributed by atoms with Gasteiger partial charge in [-0.05, 0) is 44.1 Å². The summed E-state index contributed by atoms with van der Waals surface area (Å²) in [5, 5.41) is 0.162. The van der Waals surface area contributed by atoms with Gasteiger partial charge in [0, 0.05) is 36.7 Å². The largest absolute Gasteiger partial charge is 0.598 e. The number of carbonyl (C=O) groups excluding carboxylic acids is 1. The fourth-order valence-electron chi connectivity index (χ4n) is 5.34. The minimum atomic E-state index is -0.932. The van der Waals surface area contributed by atoms with E-state index in [1.54, 1.807) is 11.9 Å². The Balaban J connectivity index is 1.24. The van der Waals surface area contributed by atoms with E-state index in [1.807, 2.05) is 0 Å². The van der Waals surface area contributed by atoms with Crippen molar-refractivity contribution < 1.29 is 14.1 Å². The molecule has 4 rings (SSSR count). The van der Waals surface area contributed by atoms with Crippen molar-refractivity contribution >= 4 is 17.5 Å². The minimum absolute atomic E-state index is 0.162. The van der Waals surface area contributed by atoms with Crippen molar-refractivity contribution in [1.29, 1.82) is 0 Å². The molecule has 1 aromatic rings. The number of carbonyl (C=O) groups is 1. The molecular formula is C22H32N2O3S. The number of nitrogens with zero attached hydrogens (tertiary/aromatic N) is 2. The molecule has 1 aromatic carbocycles. The highest BCUT2D eigenvalue weighted by molar-refractivity contribution is 7.89. The zero-order chi connectivity index (χ0) is 19.9. The van der Waals surface area contributed by atoms with Crippen LogP contribution in [0.25, 0.3) is 0 Å². The minimum Gasteiger partial charge on any atom is -0.598 e. The van der Waals surface area contributed by atoms with Gasteiger partial charge >= 0.3 is 6.09 Å². The highest BCUT2D eigenvalue weighted by Crippen LogP contribution is 2.51. The van der Waals surface area contributed by atoms with Gasteiger partial charge in [0.25, 0.3) is 0 Å². The third kappa shape index (κ3) is 3.55. The Morgan fingerprint density at radius 3 is 2.39 bits per heavy atom. The van der Waals surface area contributed by atoms with E-state index >= 15 is 0 Å². The highest BCUT2D eigenvalue weighted by atomic mass is 32.2. The maximum atomic E-state index is 13.0. The van der Waals surface area contributed by atoms with Gasteiger partial charge in [-0.3, -0.25) is 0 Å². The summed E-state index contributed by atoms with van der Waals surface area (Å²) in [6, 6.07) is 10.9. The third-order valence-corrected chi connectivity index (χ3v) is 9.14. The predicted octanol–water partition coefficient (Wildman–Crippen LogP) is 3.93. The Morgan fingerprint density at radius 1 is 1.21 bits per heavy atom. The molecule has 5 nitrogen and oxygen atoms in total. The van der Waals surface area contributed by atoms with E-state index in [4.69, 9.17) is 4.74 Å². The smallest absolute Gasteiger partial charge is 0.409 e. The SMILES string of the molecule is COC(=O)N(C)[C@]1(C)C[C@H]([S+]([O-])N2CC3(CCC(c4ccccc4)CC3)C2)C1. The van der Waals surface area contributed by atoms with E-state index in [2.05, 4.69) is 41.6 Å². The molecule has 0 radical (unpaired) electrons. The van der Waals surface area contributed by atoms with Crippen LogP contribution in [0.15, 0.2) is 30.3 Å². The summed E-state index contributed by atoms with van der Waals surface area (Å²) in [7, 11) is 3.18. The average molecular weight is 405 g/mol. The van der Waals surface area contributed by atoms with E-state index in [0.717, 1.165) is 25.9 Å². The third-order valence-electron chi connectivity index (χ3n) is 7.47. The van der Waals surface area contributed by atoms with Gasteiger partial charge in [-0.1, -0.05) is 30.3 Å². The molecule has 0 bridgehead atoms. The number of ether oxygens (including phenoxy) is 1. The summed E-state index contributed by atoms with van der Waals surface area (Å²) in [6.45, 7) is 4.00. The molecule has 1 unspecified atom stereocenters. The standard InChI is InChI=1S/C22H32N2O3S/c1-21(23(2)20(25)27-3)13-19(14-21)28(26)24-15-22(16-24)11-9-18(10-12-22)17-7-5-4-6-8-17/h4-8,18-19H,9-16H2,1-3H3/t19-,21+,28?. The average Bonchev–Trinajstić information content (AvgIpc) is 2.68. The lowest BCUT2D eigenvalue weighted by atomic mass is 9.66. The molecule has 0 N–H and O–H groups in total. The van der Waals surface area contributed by atoms with E-state index in [1.165, 1.54) is 38.4 Å². The van der Waals surface area contributed by atoms with Gasteiger partial charge in [0.2, 0.25) is 0 Å². The van der Waals surface area contributed by atoms with Crippen molar-refractivity contribution in [3.05, 3.63) is 35.9 Å². The molecule has 2 saturated carbocycles. The molecule has 1 spiro atoms. The first kappa shape index (κ1) is 20.0. The number of amides is 1. The van der Waals surface area contributed by atoms with E-state index in [0.29, 0.717) is 11.3 Å². The van der Waals surface area contributed by atoms with Gasteiger partial charge in [0.05, 0.1) is 25.7 Å². The van der Waals surface area contributed by atoms with Crippen LogP contribution in [0.2, 0.25) is 0 Å². The Bertz CT molecular complexity index is 691. The Hall–Kier alpha value is -1.24. The Morgan fingerprint density at radius 2 is 1.82 bits per heavy atom. The monoisotopic (exact) mass is 404 g/mol. The number of hydrogen-bond acceptors (Lipinski definition) is 4. The van der Waals surface area contributed by atoms with Gasteiger partial charge in [-0.25, -0.2) is 4.79 Å². The summed E-state index contributed by atoms with van der Waals surface area (Å²) in [6.07, 6.45) is 6.23. The van der Waals surface area contributed by atoms with Gasteiger partial charge in [-0.2, -0.15) is 0 Å². The van der Waals surface area contributed by atoms with E-state index < -0.39 is 11.4 Å². The Kier molecular flexibility index (Phi) is 5.40. The second kappa shape index (κ2) is 7.54. The van der Waals surface area contributed by atoms with Crippen molar-refractivity contribution in [3.63, 3.8) is 0 Å². The summed E-state index contributed by atoms with van der Waals surface area (Å²) >= 11 is -0.932. The number of rotatable bonds is 4. The topological polar surface area (TPSA) is 55.8 Å². The van der Waals surface area contributed by atoms with Crippen LogP contribution < -0.4 is 0 Å². The maximum absolute atomic E-state index is 13.0. The normalized spacial score (nSPS) is 30.9. The second-order valence-corrected chi connectivity index (χ2v) is 11.1. The van der Waals surface area contributed by atoms with Crippen LogP contribution in [0.3, 0.4) is 0 Å². The van der Waals surface area contributed by atoms with Crippen LogP contribution in [-0.4, -0.2) is 57.9 Å². The van der Waals surface area contributed by atoms with Crippen molar-refractivity contribution in [2.75, 3.05) is 27.2 Å². The van der Waals surface area contributed by atoms with Crippen molar-refractivity contribution in [1.82, 2.24) is 9.21 Å². The van der Waals surface area contributed by atoms with Crippen LogP contribution >= 0.6 is 0 Å². The second-order valence-electron chi connectivity index (χ2n) is 9.32. The zero-order valence-electron chi connectivity index (χ0n) is 17.2. The molecule has 1 aliphatic heterocycles. The molecule has 28 heavy (non-hydrogen) atoms. The van der Waals surface area contributed by atoms with Crippen LogP contribution in [0.5, 0.6) is 0 Å². The van der Waals surface area contributed by atoms with Crippen LogP contribution in [0, 0.1) is 5.41 Å². The highest BCUT2D eigenvalue weighted by Gasteiger charge is 2.57. The number of hydrogen-bond donors (Lipinski definition) is 0. The van der Waals surface area contributed by atoms with Crippen LogP contribution in [0.4, 0.5) is 4.79 Å². The lowest BCUT2D eigenvalue weighted by molar-refractivity contribution is 0.0170. The quantitative estimate of drug-likeness (QED) is 0.714. The molecule has 1 heterocycles. The molecule has 3 aliphatic rings. The fourth-order valence-corrected chi connectivity index (χ4v) is 7.57. The van der Waals surface area contributed by atoms with E-state index in [-0.39, 0.29) is 16.9 Å². The van der Waals surface area contributed by atoms with Crippen LogP contribution in [0.1, 0.15) is 56.9 Å². The van der Waals surface area contributed by atoms with Gasteiger partial charge < -0.3 is 14.2 Å². The Labute approximate surface area is 171 Å². The van der Waals surface area contributed by atoms with Gasteiger partial charge in [0.15, 0.2) is 0 Å². The summed E-state index contributed by atoms with van der Waals surface area (Å²) < 4.78 is 20.0. The van der Waals surface area contributed by atoms with Gasteiger partial charge in [-0.15, -0.1) is 4.31 Å². The summed E-state index contributed by atoms with van der Waals surface area (Å²) in [5.74, 6) is 0.688. The fraction of sp³-hybridized carbons (Fsp3) is 0.682. The van der Waals surface area contributed by atoms with Crippen molar-refractivity contribution in [3.8, 4) is 0 Å². The van der Waals surface area contributed by atoms with Crippen LogP contribution in [-0.2, 0) is 16.1 Å². The summed E-state index contributed by atoms with van der Waals surface area (Å²) in [4.78, 5) is 13.4. The molecule has 2 aliphatic carbocycles. The molecular weight excluding hydrogens is 372 g/mol. The maximum Gasteiger partial charge on any atom is 0.409 e. The molecule has 154 valence electrons. The molecule has 1 amide bonds. The molecule has 3 fully saturated rings. The van der Waals surface area contributed by atoms with E-state index in [9.17, 15) is 9.35 Å². The zero-order valence-corrected chi connectivity index (χ0v) is 18.0.